The molecule has 1 saturated heterocycles. The molecule has 0 amide bonds. The average Bonchev–Trinajstić information content (AvgIpc) is 2.04. The second-order valence-electron chi connectivity index (χ2n) is 3.98. The first kappa shape index (κ1) is 9.96. The molecule has 0 aromatic carbocycles. The zero-order valence-corrected chi connectivity index (χ0v) is 8.21. The van der Waals surface area contributed by atoms with Gasteiger partial charge in [0.25, 0.3) is 0 Å². The summed E-state index contributed by atoms with van der Waals surface area (Å²) in [5.74, 6) is 0.747. The molecule has 1 atom stereocenters. The van der Waals surface area contributed by atoms with E-state index >= 15 is 0 Å². The maximum absolute atomic E-state index is 5.69. The summed E-state index contributed by atoms with van der Waals surface area (Å²) in [4.78, 5) is 2.50. The molecule has 0 bridgehead atoms. The van der Waals surface area contributed by atoms with Gasteiger partial charge in [-0.3, -0.25) is 4.90 Å². The Kier molecular flexibility index (Phi) is 3.98. The predicted octanol–water partition coefficient (Wildman–Crippen LogP) is -0.125. The molecule has 1 fully saturated rings. The maximum Gasteiger partial charge on any atom is 0.0343 e. The molecule has 3 heteroatoms. The van der Waals surface area contributed by atoms with Crippen molar-refractivity contribution in [3.63, 3.8) is 0 Å². The van der Waals surface area contributed by atoms with Crippen LogP contribution in [-0.4, -0.2) is 43.7 Å². The van der Waals surface area contributed by atoms with Gasteiger partial charge in [-0.15, -0.1) is 0 Å². The van der Waals surface area contributed by atoms with Crippen LogP contribution in [0.3, 0.4) is 0 Å². The summed E-state index contributed by atoms with van der Waals surface area (Å²) in [6, 6.07) is 0.557. The van der Waals surface area contributed by atoms with E-state index in [1.54, 1.807) is 0 Å². The molecule has 1 unspecified atom stereocenters. The highest BCUT2D eigenvalue weighted by Crippen LogP contribution is 2.05. The molecular weight excluding hydrogens is 150 g/mol. The number of hydrogen-bond acceptors (Lipinski definition) is 3. The number of nitrogens with one attached hydrogen (secondary N) is 1. The first-order valence-electron chi connectivity index (χ1n) is 4.89. The summed E-state index contributed by atoms with van der Waals surface area (Å²) in [6.07, 6.45) is 0. The third-order valence-electron chi connectivity index (χ3n) is 2.34. The first-order valence-corrected chi connectivity index (χ1v) is 4.89. The third kappa shape index (κ3) is 2.73. The van der Waals surface area contributed by atoms with E-state index in [0.29, 0.717) is 6.04 Å². The van der Waals surface area contributed by atoms with Crippen molar-refractivity contribution in [3.8, 4) is 0 Å². The second-order valence-corrected chi connectivity index (χ2v) is 3.98. The van der Waals surface area contributed by atoms with Gasteiger partial charge in [0.1, 0.15) is 0 Å². The second kappa shape index (κ2) is 4.80. The lowest BCUT2D eigenvalue weighted by molar-refractivity contribution is 0.148. The molecule has 0 saturated carbocycles. The van der Waals surface area contributed by atoms with Gasteiger partial charge in [-0.05, 0) is 5.92 Å². The van der Waals surface area contributed by atoms with Crippen molar-refractivity contribution in [1.29, 1.82) is 0 Å². The van der Waals surface area contributed by atoms with Gasteiger partial charge in [0.2, 0.25) is 0 Å². The number of rotatable bonds is 3. The van der Waals surface area contributed by atoms with Gasteiger partial charge in [-0.25, -0.2) is 0 Å². The normalized spacial score (nSPS) is 26.5. The van der Waals surface area contributed by atoms with Gasteiger partial charge < -0.3 is 11.1 Å². The maximum atomic E-state index is 5.69. The van der Waals surface area contributed by atoms with E-state index in [4.69, 9.17) is 5.73 Å². The minimum atomic E-state index is 0.557. The number of nitrogens with zero attached hydrogens (tertiary/aromatic N) is 1. The highest BCUT2D eigenvalue weighted by Gasteiger charge is 2.20. The van der Waals surface area contributed by atoms with Gasteiger partial charge >= 0.3 is 0 Å². The van der Waals surface area contributed by atoms with E-state index in [2.05, 4.69) is 24.1 Å². The van der Waals surface area contributed by atoms with Crippen LogP contribution in [0.4, 0.5) is 0 Å². The van der Waals surface area contributed by atoms with Crippen LogP contribution >= 0.6 is 0 Å². The van der Waals surface area contributed by atoms with E-state index in [9.17, 15) is 0 Å². The minimum Gasteiger partial charge on any atom is -0.329 e. The fourth-order valence-electron chi connectivity index (χ4n) is 1.74. The highest BCUT2D eigenvalue weighted by atomic mass is 15.2. The van der Waals surface area contributed by atoms with E-state index in [1.807, 2.05) is 0 Å². The van der Waals surface area contributed by atoms with Gasteiger partial charge in [0.15, 0.2) is 0 Å². The number of piperazine rings is 1. The van der Waals surface area contributed by atoms with Gasteiger partial charge in [0.05, 0.1) is 0 Å². The Hall–Kier alpha value is -0.120. The van der Waals surface area contributed by atoms with Crippen molar-refractivity contribution < 1.29 is 0 Å². The van der Waals surface area contributed by atoms with Crippen molar-refractivity contribution in [2.75, 3.05) is 32.7 Å². The van der Waals surface area contributed by atoms with Crippen LogP contribution in [0.25, 0.3) is 0 Å². The predicted molar refractivity (Wildman–Crippen MR) is 52.1 cm³/mol. The lowest BCUT2D eigenvalue weighted by Crippen LogP contribution is -2.55. The lowest BCUT2D eigenvalue weighted by atomic mass is 10.1. The Morgan fingerprint density at radius 1 is 1.58 bits per heavy atom. The quantitative estimate of drug-likeness (QED) is 0.622. The summed E-state index contributed by atoms with van der Waals surface area (Å²) >= 11 is 0. The fourth-order valence-corrected chi connectivity index (χ4v) is 1.74. The van der Waals surface area contributed by atoms with E-state index in [1.165, 1.54) is 6.54 Å². The molecule has 0 radical (unpaired) electrons. The zero-order chi connectivity index (χ0) is 8.97. The highest BCUT2D eigenvalue weighted by molar-refractivity contribution is 4.80. The summed E-state index contributed by atoms with van der Waals surface area (Å²) < 4.78 is 0. The van der Waals surface area contributed by atoms with Crippen LogP contribution in [0.15, 0.2) is 0 Å². The van der Waals surface area contributed by atoms with Crippen LogP contribution < -0.4 is 11.1 Å². The summed E-state index contributed by atoms with van der Waals surface area (Å²) in [5.41, 5.74) is 5.69. The van der Waals surface area contributed by atoms with Crippen LogP contribution in [0.5, 0.6) is 0 Å². The fraction of sp³-hybridized carbons (Fsp3) is 1.00. The Bertz CT molecular complexity index is 125. The zero-order valence-electron chi connectivity index (χ0n) is 8.21. The van der Waals surface area contributed by atoms with Crippen molar-refractivity contribution in [1.82, 2.24) is 10.2 Å². The summed E-state index contributed by atoms with van der Waals surface area (Å²) in [6.45, 7) is 9.81. The molecular formula is C9H21N3. The molecule has 0 aliphatic carbocycles. The van der Waals surface area contributed by atoms with E-state index in [-0.39, 0.29) is 0 Å². The summed E-state index contributed by atoms with van der Waals surface area (Å²) in [7, 11) is 0. The van der Waals surface area contributed by atoms with Gasteiger partial charge in [-0.1, -0.05) is 13.8 Å². The SMILES string of the molecule is CC(C)CN1CCNCC1CN. The minimum absolute atomic E-state index is 0.557. The Morgan fingerprint density at radius 2 is 2.33 bits per heavy atom. The molecule has 0 aromatic heterocycles. The first-order chi connectivity index (χ1) is 5.74. The number of hydrogen-bond donors (Lipinski definition) is 2. The van der Waals surface area contributed by atoms with Crippen LogP contribution in [0.2, 0.25) is 0 Å². The molecule has 12 heavy (non-hydrogen) atoms. The largest absolute Gasteiger partial charge is 0.329 e. The van der Waals surface area contributed by atoms with Crippen molar-refractivity contribution in [2.24, 2.45) is 11.7 Å². The molecule has 1 rings (SSSR count). The third-order valence-corrected chi connectivity index (χ3v) is 2.34. The van der Waals surface area contributed by atoms with Gasteiger partial charge in [-0.2, -0.15) is 0 Å². The molecule has 0 aromatic rings. The molecule has 3 nitrogen and oxygen atoms in total. The Labute approximate surface area is 75.3 Å². The van der Waals surface area contributed by atoms with Crippen molar-refractivity contribution in [3.05, 3.63) is 0 Å². The van der Waals surface area contributed by atoms with E-state index in [0.717, 1.165) is 32.1 Å². The van der Waals surface area contributed by atoms with Crippen LogP contribution in [0.1, 0.15) is 13.8 Å². The van der Waals surface area contributed by atoms with Crippen molar-refractivity contribution in [2.45, 2.75) is 19.9 Å². The topological polar surface area (TPSA) is 41.3 Å². The molecule has 0 spiro atoms. The van der Waals surface area contributed by atoms with Crippen LogP contribution in [0, 0.1) is 5.92 Å². The number of nitrogens with two attached hydrogens (primary N) is 1. The van der Waals surface area contributed by atoms with Gasteiger partial charge in [0, 0.05) is 38.8 Å². The average molecular weight is 171 g/mol. The van der Waals surface area contributed by atoms with E-state index < -0.39 is 0 Å². The molecule has 1 heterocycles. The Morgan fingerprint density at radius 3 is 2.92 bits per heavy atom. The molecule has 3 N–H and O–H groups in total. The molecule has 1 aliphatic heterocycles. The Balaban J connectivity index is 2.36. The monoisotopic (exact) mass is 171 g/mol. The van der Waals surface area contributed by atoms with Crippen LogP contribution in [-0.2, 0) is 0 Å². The smallest absolute Gasteiger partial charge is 0.0343 e. The molecule has 1 aliphatic rings. The lowest BCUT2D eigenvalue weighted by Gasteiger charge is -2.36. The standard InChI is InChI=1S/C9H21N3/c1-8(2)7-12-4-3-11-6-9(12)5-10/h8-9,11H,3-7,10H2,1-2H3. The molecule has 72 valence electrons. The van der Waals surface area contributed by atoms with Crippen molar-refractivity contribution >= 4 is 0 Å². The summed E-state index contributed by atoms with van der Waals surface area (Å²) in [5, 5.41) is 3.37.